The lowest BCUT2D eigenvalue weighted by molar-refractivity contribution is -0.138. The highest BCUT2D eigenvalue weighted by Gasteiger charge is 2.25. The first kappa shape index (κ1) is 9.52. The van der Waals surface area contributed by atoms with E-state index in [-0.39, 0.29) is 12.5 Å². The summed E-state index contributed by atoms with van der Waals surface area (Å²) in [5, 5.41) is 8.68. The summed E-state index contributed by atoms with van der Waals surface area (Å²) in [6.07, 6.45) is 2.13. The molecule has 1 heterocycles. The van der Waals surface area contributed by atoms with Gasteiger partial charge in [-0.15, -0.1) is 0 Å². The van der Waals surface area contributed by atoms with Crippen molar-refractivity contribution >= 4 is 5.91 Å². The number of nitrogens with zero attached hydrogens (tertiary/aromatic N) is 1. The summed E-state index contributed by atoms with van der Waals surface area (Å²) >= 11 is 0. The van der Waals surface area contributed by atoms with Crippen molar-refractivity contribution in [2.24, 2.45) is 5.92 Å². The van der Waals surface area contributed by atoms with Gasteiger partial charge in [-0.2, -0.15) is 0 Å². The van der Waals surface area contributed by atoms with E-state index in [1.807, 2.05) is 6.92 Å². The van der Waals surface area contributed by atoms with E-state index < -0.39 is 0 Å². The van der Waals surface area contributed by atoms with Gasteiger partial charge in [0.25, 0.3) is 0 Å². The first-order valence-electron chi connectivity index (χ1n) is 4.55. The molecule has 1 amide bonds. The van der Waals surface area contributed by atoms with Gasteiger partial charge in [0.2, 0.25) is 5.91 Å². The van der Waals surface area contributed by atoms with Gasteiger partial charge >= 0.3 is 0 Å². The normalized spacial score (nSPS) is 30.4. The Kier molecular flexibility index (Phi) is 3.09. The SMILES string of the molecule is CC1CCN(C(=O)CO)C(C)C1. The van der Waals surface area contributed by atoms with Crippen LogP contribution in [0.15, 0.2) is 0 Å². The quantitative estimate of drug-likeness (QED) is 0.628. The lowest BCUT2D eigenvalue weighted by atomic mass is 9.93. The maximum atomic E-state index is 11.2. The Hall–Kier alpha value is -0.570. The van der Waals surface area contributed by atoms with Crippen LogP contribution in [-0.4, -0.2) is 35.1 Å². The zero-order chi connectivity index (χ0) is 9.14. The number of carbonyl (C=O) groups excluding carboxylic acids is 1. The number of aliphatic hydroxyl groups excluding tert-OH is 1. The van der Waals surface area contributed by atoms with Gasteiger partial charge in [0.05, 0.1) is 0 Å². The molecule has 3 heteroatoms. The Morgan fingerprint density at radius 2 is 2.25 bits per heavy atom. The summed E-state index contributed by atoms with van der Waals surface area (Å²) in [4.78, 5) is 12.9. The minimum absolute atomic E-state index is 0.130. The molecule has 3 nitrogen and oxygen atoms in total. The molecule has 1 saturated heterocycles. The molecule has 0 aromatic carbocycles. The molecule has 2 unspecified atom stereocenters. The Balaban J connectivity index is 2.50. The zero-order valence-corrected chi connectivity index (χ0v) is 7.79. The highest BCUT2D eigenvalue weighted by Crippen LogP contribution is 2.21. The van der Waals surface area contributed by atoms with E-state index in [9.17, 15) is 4.79 Å². The van der Waals surface area contributed by atoms with Gasteiger partial charge < -0.3 is 10.0 Å². The van der Waals surface area contributed by atoms with Crippen LogP contribution in [0.2, 0.25) is 0 Å². The molecular weight excluding hydrogens is 154 g/mol. The van der Waals surface area contributed by atoms with Crippen LogP contribution in [0.4, 0.5) is 0 Å². The maximum absolute atomic E-state index is 11.2. The van der Waals surface area contributed by atoms with E-state index >= 15 is 0 Å². The second kappa shape index (κ2) is 3.90. The number of amides is 1. The third-order valence-electron chi connectivity index (χ3n) is 2.59. The average molecular weight is 171 g/mol. The van der Waals surface area contributed by atoms with Gasteiger partial charge in [-0.1, -0.05) is 6.92 Å². The molecule has 1 fully saturated rings. The number of rotatable bonds is 1. The fraction of sp³-hybridized carbons (Fsp3) is 0.889. The molecule has 1 N–H and O–H groups in total. The van der Waals surface area contributed by atoms with E-state index in [0.717, 1.165) is 19.4 Å². The first-order valence-corrected chi connectivity index (χ1v) is 4.55. The molecule has 0 aromatic rings. The van der Waals surface area contributed by atoms with Crippen molar-refractivity contribution in [3.63, 3.8) is 0 Å². The molecule has 0 aromatic heterocycles. The highest BCUT2D eigenvalue weighted by molar-refractivity contribution is 5.77. The predicted octanol–water partition coefficient (Wildman–Crippen LogP) is 0.626. The van der Waals surface area contributed by atoms with E-state index in [1.165, 1.54) is 0 Å². The third kappa shape index (κ3) is 1.97. The van der Waals surface area contributed by atoms with E-state index in [4.69, 9.17) is 5.11 Å². The first-order chi connectivity index (χ1) is 5.65. The second-order valence-corrected chi connectivity index (χ2v) is 3.72. The summed E-state index contributed by atoms with van der Waals surface area (Å²) in [6, 6.07) is 0.299. The van der Waals surface area contributed by atoms with Gasteiger partial charge in [-0.25, -0.2) is 0 Å². The maximum Gasteiger partial charge on any atom is 0.248 e. The number of hydrogen-bond donors (Lipinski definition) is 1. The van der Waals surface area contributed by atoms with Crippen LogP contribution in [0, 0.1) is 5.92 Å². The minimum atomic E-state index is -0.348. The summed E-state index contributed by atoms with van der Waals surface area (Å²) in [7, 11) is 0. The number of likely N-dealkylation sites (tertiary alicyclic amines) is 1. The predicted molar refractivity (Wildman–Crippen MR) is 46.7 cm³/mol. The number of hydrogen-bond acceptors (Lipinski definition) is 2. The molecule has 12 heavy (non-hydrogen) atoms. The molecule has 1 rings (SSSR count). The van der Waals surface area contributed by atoms with Crippen LogP contribution in [0.25, 0.3) is 0 Å². The van der Waals surface area contributed by atoms with Crippen LogP contribution in [-0.2, 0) is 4.79 Å². The van der Waals surface area contributed by atoms with Crippen molar-refractivity contribution in [2.45, 2.75) is 32.7 Å². The van der Waals surface area contributed by atoms with Crippen LogP contribution < -0.4 is 0 Å². The Morgan fingerprint density at radius 1 is 1.58 bits per heavy atom. The molecule has 2 atom stereocenters. The van der Waals surface area contributed by atoms with Crippen LogP contribution in [0.3, 0.4) is 0 Å². The summed E-state index contributed by atoms with van der Waals surface area (Å²) < 4.78 is 0. The average Bonchev–Trinajstić information content (AvgIpc) is 2.03. The smallest absolute Gasteiger partial charge is 0.248 e. The molecule has 0 bridgehead atoms. The van der Waals surface area contributed by atoms with Gasteiger partial charge in [-0.3, -0.25) is 4.79 Å². The fourth-order valence-electron chi connectivity index (χ4n) is 1.87. The molecule has 1 aliphatic rings. The van der Waals surface area contributed by atoms with Crippen molar-refractivity contribution in [3.8, 4) is 0 Å². The fourth-order valence-corrected chi connectivity index (χ4v) is 1.87. The van der Waals surface area contributed by atoms with E-state index in [1.54, 1.807) is 4.90 Å². The van der Waals surface area contributed by atoms with E-state index in [0.29, 0.717) is 12.0 Å². The molecule has 0 saturated carbocycles. The second-order valence-electron chi connectivity index (χ2n) is 3.72. The standard InChI is InChI=1S/C9H17NO2/c1-7-3-4-10(8(2)5-7)9(12)6-11/h7-8,11H,3-6H2,1-2H3. The number of carbonyl (C=O) groups is 1. The Bertz CT molecular complexity index is 170. The summed E-state index contributed by atoms with van der Waals surface area (Å²) in [5.74, 6) is 0.581. The Labute approximate surface area is 73.4 Å². The van der Waals surface area contributed by atoms with Crippen molar-refractivity contribution in [1.29, 1.82) is 0 Å². The van der Waals surface area contributed by atoms with Crippen LogP contribution in [0.1, 0.15) is 26.7 Å². The molecule has 0 aliphatic carbocycles. The summed E-state index contributed by atoms with van der Waals surface area (Å²) in [5.41, 5.74) is 0. The highest BCUT2D eigenvalue weighted by atomic mass is 16.3. The molecule has 70 valence electrons. The molecule has 1 aliphatic heterocycles. The zero-order valence-electron chi connectivity index (χ0n) is 7.79. The van der Waals surface area contributed by atoms with Gasteiger partial charge in [0, 0.05) is 12.6 Å². The van der Waals surface area contributed by atoms with Crippen molar-refractivity contribution < 1.29 is 9.90 Å². The largest absolute Gasteiger partial charge is 0.387 e. The van der Waals surface area contributed by atoms with Crippen molar-refractivity contribution in [3.05, 3.63) is 0 Å². The van der Waals surface area contributed by atoms with Crippen LogP contribution >= 0.6 is 0 Å². The molecule has 0 radical (unpaired) electrons. The lowest BCUT2D eigenvalue weighted by Gasteiger charge is -2.36. The topological polar surface area (TPSA) is 40.5 Å². The molecular formula is C9H17NO2. The van der Waals surface area contributed by atoms with E-state index in [2.05, 4.69) is 6.92 Å². The number of aliphatic hydroxyl groups is 1. The lowest BCUT2D eigenvalue weighted by Crippen LogP contribution is -2.45. The van der Waals surface area contributed by atoms with Crippen molar-refractivity contribution in [1.82, 2.24) is 4.90 Å². The van der Waals surface area contributed by atoms with Gasteiger partial charge in [-0.05, 0) is 25.7 Å². The summed E-state index contributed by atoms with van der Waals surface area (Å²) in [6.45, 7) is 4.71. The third-order valence-corrected chi connectivity index (χ3v) is 2.59. The monoisotopic (exact) mass is 171 g/mol. The molecule has 0 spiro atoms. The van der Waals surface area contributed by atoms with Gasteiger partial charge in [0.15, 0.2) is 0 Å². The Morgan fingerprint density at radius 3 is 2.75 bits per heavy atom. The van der Waals surface area contributed by atoms with Gasteiger partial charge in [0.1, 0.15) is 6.61 Å². The van der Waals surface area contributed by atoms with Crippen LogP contribution in [0.5, 0.6) is 0 Å². The minimum Gasteiger partial charge on any atom is -0.387 e. The van der Waals surface area contributed by atoms with Crippen molar-refractivity contribution in [2.75, 3.05) is 13.2 Å². The number of piperidine rings is 1.